The van der Waals surface area contributed by atoms with Crippen LogP contribution >= 0.6 is 0 Å². The molecule has 0 aromatic heterocycles. The van der Waals surface area contributed by atoms with E-state index in [1.807, 2.05) is 18.2 Å². The van der Waals surface area contributed by atoms with Crippen LogP contribution in [0.5, 0.6) is 5.75 Å². The third-order valence-electron chi connectivity index (χ3n) is 2.56. The number of nitrogens with zero attached hydrogens (tertiary/aromatic N) is 1. The first kappa shape index (κ1) is 11.0. The molecule has 1 saturated heterocycles. The molecule has 0 atom stereocenters. The van der Waals surface area contributed by atoms with Gasteiger partial charge in [-0.25, -0.2) is 0 Å². The fourth-order valence-corrected chi connectivity index (χ4v) is 1.83. The van der Waals surface area contributed by atoms with Crippen molar-refractivity contribution in [1.29, 1.82) is 0 Å². The van der Waals surface area contributed by atoms with Gasteiger partial charge in [0.05, 0.1) is 0 Å². The number of hydrogen-bond acceptors (Lipinski definition) is 4. The van der Waals surface area contributed by atoms with Crippen molar-refractivity contribution in [2.45, 2.75) is 6.92 Å². The Morgan fingerprint density at radius 2 is 2.12 bits per heavy atom. The summed E-state index contributed by atoms with van der Waals surface area (Å²) in [5.41, 5.74) is 1.11. The average molecular weight is 220 g/mol. The second kappa shape index (κ2) is 4.99. The fourth-order valence-electron chi connectivity index (χ4n) is 1.83. The highest BCUT2D eigenvalue weighted by Gasteiger charge is 2.11. The Morgan fingerprint density at radius 3 is 2.81 bits per heavy atom. The van der Waals surface area contributed by atoms with E-state index in [-0.39, 0.29) is 5.97 Å². The standard InChI is InChI=1S/C12H16N2O2/c1-10(15)16-12-4-2-3-11(9-12)14-7-5-13-6-8-14/h2-4,9,13H,5-8H2,1H3. The first-order valence-corrected chi connectivity index (χ1v) is 5.50. The molecule has 0 unspecified atom stereocenters. The van der Waals surface area contributed by atoms with Crippen LogP contribution in [-0.4, -0.2) is 32.1 Å². The molecule has 4 nitrogen and oxygen atoms in total. The van der Waals surface area contributed by atoms with Gasteiger partial charge in [-0.05, 0) is 12.1 Å². The van der Waals surface area contributed by atoms with Crippen LogP contribution in [0.15, 0.2) is 24.3 Å². The summed E-state index contributed by atoms with van der Waals surface area (Å²) in [6.45, 7) is 5.39. The molecule has 4 heteroatoms. The maximum absolute atomic E-state index is 10.9. The Bertz CT molecular complexity index is 373. The van der Waals surface area contributed by atoms with E-state index >= 15 is 0 Å². The first-order chi connectivity index (χ1) is 7.75. The lowest BCUT2D eigenvalue weighted by molar-refractivity contribution is -0.131. The number of hydrogen-bond donors (Lipinski definition) is 1. The molecule has 1 aromatic rings. The summed E-state index contributed by atoms with van der Waals surface area (Å²) in [5, 5.41) is 3.30. The third kappa shape index (κ3) is 2.73. The predicted molar refractivity (Wildman–Crippen MR) is 62.8 cm³/mol. The zero-order chi connectivity index (χ0) is 11.4. The van der Waals surface area contributed by atoms with Gasteiger partial charge >= 0.3 is 5.97 Å². The predicted octanol–water partition coefficient (Wildman–Crippen LogP) is 1.02. The molecule has 0 saturated carbocycles. The summed E-state index contributed by atoms with van der Waals surface area (Å²) in [6.07, 6.45) is 0. The van der Waals surface area contributed by atoms with Crippen molar-refractivity contribution in [2.75, 3.05) is 31.1 Å². The average Bonchev–Trinajstić information content (AvgIpc) is 2.30. The summed E-state index contributed by atoms with van der Waals surface area (Å²) < 4.78 is 5.06. The van der Waals surface area contributed by atoms with Gasteiger partial charge < -0.3 is 15.0 Å². The number of nitrogens with one attached hydrogen (secondary N) is 1. The maximum Gasteiger partial charge on any atom is 0.308 e. The quantitative estimate of drug-likeness (QED) is 0.597. The Morgan fingerprint density at radius 1 is 1.38 bits per heavy atom. The minimum Gasteiger partial charge on any atom is -0.427 e. The molecular formula is C12H16N2O2. The molecule has 1 heterocycles. The van der Waals surface area contributed by atoms with Gasteiger partial charge in [0.1, 0.15) is 5.75 Å². The number of carbonyl (C=O) groups excluding carboxylic acids is 1. The monoisotopic (exact) mass is 220 g/mol. The Kier molecular flexibility index (Phi) is 3.41. The van der Waals surface area contributed by atoms with Crippen molar-refractivity contribution in [3.63, 3.8) is 0 Å². The smallest absolute Gasteiger partial charge is 0.308 e. The molecule has 1 aromatic carbocycles. The van der Waals surface area contributed by atoms with Crippen LogP contribution in [-0.2, 0) is 4.79 Å². The van der Waals surface area contributed by atoms with E-state index in [9.17, 15) is 4.79 Å². The van der Waals surface area contributed by atoms with Crippen LogP contribution in [0.4, 0.5) is 5.69 Å². The summed E-state index contributed by atoms with van der Waals surface area (Å²) in [4.78, 5) is 13.1. The van der Waals surface area contributed by atoms with E-state index in [1.165, 1.54) is 6.92 Å². The molecule has 0 amide bonds. The molecular weight excluding hydrogens is 204 g/mol. The zero-order valence-corrected chi connectivity index (χ0v) is 9.40. The largest absolute Gasteiger partial charge is 0.427 e. The van der Waals surface area contributed by atoms with Crippen LogP contribution in [0.3, 0.4) is 0 Å². The van der Waals surface area contributed by atoms with Gasteiger partial charge in [0, 0.05) is 44.9 Å². The van der Waals surface area contributed by atoms with Crippen LogP contribution in [0, 0.1) is 0 Å². The zero-order valence-electron chi connectivity index (χ0n) is 9.40. The number of anilines is 1. The van der Waals surface area contributed by atoms with E-state index in [1.54, 1.807) is 6.07 Å². The van der Waals surface area contributed by atoms with Gasteiger partial charge in [0.15, 0.2) is 0 Å². The second-order valence-corrected chi connectivity index (χ2v) is 3.83. The minimum atomic E-state index is -0.280. The lowest BCUT2D eigenvalue weighted by Gasteiger charge is -2.29. The minimum absolute atomic E-state index is 0.280. The summed E-state index contributed by atoms with van der Waals surface area (Å²) >= 11 is 0. The molecule has 16 heavy (non-hydrogen) atoms. The number of piperazine rings is 1. The van der Waals surface area contributed by atoms with Gasteiger partial charge in [-0.15, -0.1) is 0 Å². The normalized spacial score (nSPS) is 15.9. The topological polar surface area (TPSA) is 41.6 Å². The van der Waals surface area contributed by atoms with Gasteiger partial charge in [-0.1, -0.05) is 6.07 Å². The van der Waals surface area contributed by atoms with E-state index in [0.717, 1.165) is 31.9 Å². The Hall–Kier alpha value is -1.55. The molecule has 0 aliphatic carbocycles. The number of benzene rings is 1. The third-order valence-corrected chi connectivity index (χ3v) is 2.56. The SMILES string of the molecule is CC(=O)Oc1cccc(N2CCNCC2)c1. The Labute approximate surface area is 95.2 Å². The van der Waals surface area contributed by atoms with E-state index < -0.39 is 0 Å². The second-order valence-electron chi connectivity index (χ2n) is 3.83. The van der Waals surface area contributed by atoms with Crippen LogP contribution < -0.4 is 15.0 Å². The van der Waals surface area contributed by atoms with Crippen molar-refractivity contribution in [3.8, 4) is 5.75 Å². The number of ether oxygens (including phenoxy) is 1. The van der Waals surface area contributed by atoms with E-state index in [0.29, 0.717) is 5.75 Å². The lowest BCUT2D eigenvalue weighted by Crippen LogP contribution is -2.43. The summed E-state index contributed by atoms with van der Waals surface area (Å²) in [7, 11) is 0. The fraction of sp³-hybridized carbons (Fsp3) is 0.417. The van der Waals surface area contributed by atoms with Crippen LogP contribution in [0.25, 0.3) is 0 Å². The lowest BCUT2D eigenvalue weighted by atomic mass is 10.2. The molecule has 0 spiro atoms. The number of esters is 1. The highest BCUT2D eigenvalue weighted by atomic mass is 16.5. The van der Waals surface area contributed by atoms with Crippen molar-refractivity contribution >= 4 is 11.7 Å². The van der Waals surface area contributed by atoms with Crippen LogP contribution in [0.1, 0.15) is 6.92 Å². The molecule has 1 aliphatic heterocycles. The number of carbonyl (C=O) groups is 1. The summed E-state index contributed by atoms with van der Waals surface area (Å²) in [5.74, 6) is 0.334. The van der Waals surface area contributed by atoms with Gasteiger partial charge in [-0.2, -0.15) is 0 Å². The van der Waals surface area contributed by atoms with E-state index in [2.05, 4.69) is 10.2 Å². The van der Waals surface area contributed by atoms with Crippen molar-refractivity contribution in [3.05, 3.63) is 24.3 Å². The Balaban J connectivity index is 2.11. The van der Waals surface area contributed by atoms with Crippen molar-refractivity contribution < 1.29 is 9.53 Å². The van der Waals surface area contributed by atoms with Crippen LogP contribution in [0.2, 0.25) is 0 Å². The molecule has 1 fully saturated rings. The summed E-state index contributed by atoms with van der Waals surface area (Å²) in [6, 6.07) is 7.66. The van der Waals surface area contributed by atoms with Gasteiger partial charge in [0.2, 0.25) is 0 Å². The van der Waals surface area contributed by atoms with Gasteiger partial charge in [-0.3, -0.25) is 4.79 Å². The van der Waals surface area contributed by atoms with Crippen molar-refractivity contribution in [2.24, 2.45) is 0 Å². The van der Waals surface area contributed by atoms with Crippen molar-refractivity contribution in [1.82, 2.24) is 5.32 Å². The number of rotatable bonds is 2. The molecule has 0 bridgehead atoms. The molecule has 1 N–H and O–H groups in total. The molecule has 2 rings (SSSR count). The maximum atomic E-state index is 10.9. The van der Waals surface area contributed by atoms with E-state index in [4.69, 9.17) is 4.74 Å². The highest BCUT2D eigenvalue weighted by molar-refractivity contribution is 5.70. The molecule has 1 aliphatic rings. The highest BCUT2D eigenvalue weighted by Crippen LogP contribution is 2.21. The molecule has 86 valence electrons. The first-order valence-electron chi connectivity index (χ1n) is 5.50. The molecule has 0 radical (unpaired) electrons. The van der Waals surface area contributed by atoms with Gasteiger partial charge in [0.25, 0.3) is 0 Å².